The van der Waals surface area contributed by atoms with E-state index < -0.39 is 0 Å². The summed E-state index contributed by atoms with van der Waals surface area (Å²) in [5, 5.41) is 0. The van der Waals surface area contributed by atoms with E-state index in [0.29, 0.717) is 0 Å². The van der Waals surface area contributed by atoms with Crippen LogP contribution in [0.25, 0.3) is 0 Å². The second-order valence-corrected chi connectivity index (χ2v) is 4.85. The van der Waals surface area contributed by atoms with E-state index >= 15 is 0 Å². The van der Waals surface area contributed by atoms with Crippen LogP contribution in [0, 0.1) is 23.2 Å². The molecule has 0 N–H and O–H groups in total. The van der Waals surface area contributed by atoms with Gasteiger partial charge in [0.2, 0.25) is 0 Å². The molecule has 4 atom stereocenters. The first-order valence-electron chi connectivity index (χ1n) is 5.37. The summed E-state index contributed by atoms with van der Waals surface area (Å²) in [4.78, 5) is 0. The zero-order chi connectivity index (χ0) is 8.77. The van der Waals surface area contributed by atoms with E-state index in [9.17, 15) is 0 Å². The van der Waals surface area contributed by atoms with E-state index in [-0.39, 0.29) is 0 Å². The van der Waals surface area contributed by atoms with Gasteiger partial charge in [-0.2, -0.15) is 0 Å². The summed E-state index contributed by atoms with van der Waals surface area (Å²) in [5.41, 5.74) is 0.783. The lowest BCUT2D eigenvalue weighted by molar-refractivity contribution is 0.0686. The van der Waals surface area contributed by atoms with Gasteiger partial charge in [0.05, 0.1) is 0 Å². The van der Waals surface area contributed by atoms with Crippen LogP contribution in [0.4, 0.5) is 0 Å². The zero-order valence-corrected chi connectivity index (χ0v) is 8.51. The van der Waals surface area contributed by atoms with Crippen molar-refractivity contribution in [1.29, 1.82) is 0 Å². The van der Waals surface area contributed by atoms with Crippen molar-refractivity contribution in [2.24, 2.45) is 23.2 Å². The molecule has 2 aliphatic rings. The summed E-state index contributed by atoms with van der Waals surface area (Å²) in [6.45, 7) is 7.06. The van der Waals surface area contributed by atoms with Gasteiger partial charge < -0.3 is 0 Å². The average Bonchev–Trinajstić information content (AvgIpc) is 2.78. The molecule has 0 heteroatoms. The van der Waals surface area contributed by atoms with Crippen molar-refractivity contribution in [3.8, 4) is 0 Å². The molecule has 0 nitrogen and oxygen atoms in total. The molecule has 2 rings (SSSR count). The molecule has 2 saturated carbocycles. The zero-order valence-electron chi connectivity index (χ0n) is 8.51. The first-order chi connectivity index (χ1) is 5.70. The lowest BCUT2D eigenvalue weighted by atomic mass is 9.62. The molecule has 0 aromatic carbocycles. The van der Waals surface area contributed by atoms with Crippen molar-refractivity contribution < 1.29 is 0 Å². The van der Waals surface area contributed by atoms with Crippen LogP contribution in [-0.2, 0) is 0 Å². The van der Waals surface area contributed by atoms with E-state index in [1.807, 2.05) is 0 Å². The minimum atomic E-state index is 0.783. The van der Waals surface area contributed by atoms with Gasteiger partial charge in [-0.1, -0.05) is 32.9 Å². The Labute approximate surface area is 76.1 Å². The normalized spacial score (nSPS) is 51.4. The van der Waals surface area contributed by atoms with Gasteiger partial charge in [0.15, 0.2) is 0 Å². The minimum absolute atomic E-state index is 0.783. The fraction of sp³-hybridized carbons (Fsp3) is 0.833. The third kappa shape index (κ3) is 0.967. The maximum Gasteiger partial charge on any atom is -0.0168 e. The summed E-state index contributed by atoms with van der Waals surface area (Å²) >= 11 is 0. The molecule has 1 spiro atoms. The Kier molecular flexibility index (Phi) is 1.82. The van der Waals surface area contributed by atoms with Gasteiger partial charge in [0, 0.05) is 0 Å². The topological polar surface area (TPSA) is 0 Å². The molecule has 0 bridgehead atoms. The van der Waals surface area contributed by atoms with Crippen molar-refractivity contribution >= 4 is 0 Å². The first kappa shape index (κ1) is 8.34. The van der Waals surface area contributed by atoms with Gasteiger partial charge in [-0.05, 0) is 42.4 Å². The Morgan fingerprint density at radius 1 is 1.33 bits per heavy atom. The molecule has 12 heavy (non-hydrogen) atoms. The monoisotopic (exact) mass is 164 g/mol. The van der Waals surface area contributed by atoms with Gasteiger partial charge in [0.25, 0.3) is 0 Å². The quantitative estimate of drug-likeness (QED) is 0.547. The van der Waals surface area contributed by atoms with Crippen LogP contribution >= 0.6 is 0 Å². The molecule has 0 radical (unpaired) electrons. The van der Waals surface area contributed by atoms with Crippen LogP contribution in [0.1, 0.15) is 40.0 Å². The van der Waals surface area contributed by atoms with Gasteiger partial charge in [-0.3, -0.25) is 0 Å². The highest BCUT2D eigenvalue weighted by Crippen LogP contribution is 2.71. The number of hydrogen-bond donors (Lipinski definition) is 0. The number of allylic oxidation sites excluding steroid dienone is 2. The molecule has 0 aromatic rings. The molecular formula is C12H20. The van der Waals surface area contributed by atoms with Crippen LogP contribution in [-0.4, -0.2) is 0 Å². The number of hydrogen-bond acceptors (Lipinski definition) is 0. The molecule has 2 fully saturated rings. The standard InChI is InChI=1S/C12H20/c1-4-5-6-11-8-12(11)7-9(2)10(12)3/h5-6,9-11H,4,7-8H2,1-3H3. The Bertz CT molecular complexity index is 204. The lowest BCUT2D eigenvalue weighted by Crippen LogP contribution is -2.35. The van der Waals surface area contributed by atoms with Gasteiger partial charge in [-0.15, -0.1) is 0 Å². The third-order valence-electron chi connectivity index (χ3n) is 4.24. The van der Waals surface area contributed by atoms with E-state index in [4.69, 9.17) is 0 Å². The minimum Gasteiger partial charge on any atom is -0.0885 e. The molecule has 4 unspecified atom stereocenters. The third-order valence-corrected chi connectivity index (χ3v) is 4.24. The van der Waals surface area contributed by atoms with Crippen LogP contribution in [0.3, 0.4) is 0 Å². The summed E-state index contributed by atoms with van der Waals surface area (Å²) in [7, 11) is 0. The Balaban J connectivity index is 1.91. The number of rotatable bonds is 2. The summed E-state index contributed by atoms with van der Waals surface area (Å²) < 4.78 is 0. The largest absolute Gasteiger partial charge is 0.0885 e. The SMILES string of the molecule is CCC=CC1CC12CC(C)C2C. The predicted molar refractivity (Wildman–Crippen MR) is 52.9 cm³/mol. The average molecular weight is 164 g/mol. The molecule has 0 aliphatic heterocycles. The Morgan fingerprint density at radius 2 is 2.08 bits per heavy atom. The fourth-order valence-corrected chi connectivity index (χ4v) is 3.04. The van der Waals surface area contributed by atoms with E-state index in [1.165, 1.54) is 19.3 Å². The van der Waals surface area contributed by atoms with E-state index in [1.54, 1.807) is 0 Å². The van der Waals surface area contributed by atoms with Crippen molar-refractivity contribution in [1.82, 2.24) is 0 Å². The van der Waals surface area contributed by atoms with Gasteiger partial charge in [-0.25, -0.2) is 0 Å². The summed E-state index contributed by atoms with van der Waals surface area (Å²) in [6, 6.07) is 0. The van der Waals surface area contributed by atoms with Crippen LogP contribution in [0.2, 0.25) is 0 Å². The van der Waals surface area contributed by atoms with Gasteiger partial charge >= 0.3 is 0 Å². The Hall–Kier alpha value is -0.260. The molecular weight excluding hydrogens is 144 g/mol. The van der Waals surface area contributed by atoms with Crippen molar-refractivity contribution in [3.63, 3.8) is 0 Å². The molecule has 0 heterocycles. The maximum absolute atomic E-state index is 2.46. The fourth-order valence-electron chi connectivity index (χ4n) is 3.04. The maximum atomic E-state index is 2.46. The van der Waals surface area contributed by atoms with E-state index in [0.717, 1.165) is 23.2 Å². The Morgan fingerprint density at radius 3 is 2.58 bits per heavy atom. The predicted octanol–water partition coefficient (Wildman–Crippen LogP) is 3.63. The smallest absolute Gasteiger partial charge is 0.0168 e. The first-order valence-corrected chi connectivity index (χ1v) is 5.37. The molecule has 2 aliphatic carbocycles. The van der Waals surface area contributed by atoms with Crippen molar-refractivity contribution in [2.45, 2.75) is 40.0 Å². The highest BCUT2D eigenvalue weighted by Gasteiger charge is 2.63. The molecule has 0 amide bonds. The van der Waals surface area contributed by atoms with E-state index in [2.05, 4.69) is 32.9 Å². The molecule has 0 aromatic heterocycles. The second kappa shape index (κ2) is 2.61. The molecule has 68 valence electrons. The second-order valence-electron chi connectivity index (χ2n) is 4.85. The van der Waals surface area contributed by atoms with Crippen molar-refractivity contribution in [2.75, 3.05) is 0 Å². The highest BCUT2D eigenvalue weighted by molar-refractivity contribution is 5.19. The molecule has 0 saturated heterocycles. The summed E-state index contributed by atoms with van der Waals surface area (Å²) in [6.07, 6.45) is 8.98. The van der Waals surface area contributed by atoms with Crippen LogP contribution in [0.5, 0.6) is 0 Å². The van der Waals surface area contributed by atoms with Crippen LogP contribution in [0.15, 0.2) is 12.2 Å². The lowest BCUT2D eigenvalue weighted by Gasteiger charge is -2.42. The van der Waals surface area contributed by atoms with Gasteiger partial charge in [0.1, 0.15) is 0 Å². The van der Waals surface area contributed by atoms with Crippen LogP contribution < -0.4 is 0 Å². The highest BCUT2D eigenvalue weighted by atomic mass is 14.7. The van der Waals surface area contributed by atoms with Crippen molar-refractivity contribution in [3.05, 3.63) is 12.2 Å². The summed E-state index contributed by atoms with van der Waals surface area (Å²) in [5.74, 6) is 2.93.